The number of aliphatic hydroxyl groups is 1. The summed E-state index contributed by atoms with van der Waals surface area (Å²) in [6, 6.07) is 0.124. The molecule has 0 aliphatic carbocycles. The number of sulfonamides is 1. The maximum Gasteiger partial charge on any atom is 0.223 e. The zero-order valence-electron chi connectivity index (χ0n) is 20.4. The van der Waals surface area contributed by atoms with Crippen molar-refractivity contribution in [1.29, 1.82) is 0 Å². The number of aromatic nitrogens is 4. The summed E-state index contributed by atoms with van der Waals surface area (Å²) in [6.07, 6.45) is 9.19. The van der Waals surface area contributed by atoms with E-state index in [1.165, 1.54) is 12.8 Å². The van der Waals surface area contributed by atoms with Gasteiger partial charge in [0.1, 0.15) is 0 Å². The molecule has 34 heavy (non-hydrogen) atoms. The van der Waals surface area contributed by atoms with Crippen LogP contribution in [0.2, 0.25) is 0 Å². The molecule has 0 radical (unpaired) electrons. The van der Waals surface area contributed by atoms with Crippen LogP contribution < -0.4 is 5.32 Å². The summed E-state index contributed by atoms with van der Waals surface area (Å²) in [4.78, 5) is 11.4. The summed E-state index contributed by atoms with van der Waals surface area (Å²) in [5, 5.41) is 17.8. The van der Waals surface area contributed by atoms with E-state index in [-0.39, 0.29) is 11.8 Å². The van der Waals surface area contributed by atoms with Crippen molar-refractivity contribution in [3.63, 3.8) is 0 Å². The Balaban J connectivity index is 1.33. The monoisotopic (exact) mass is 491 g/mol. The van der Waals surface area contributed by atoms with E-state index in [9.17, 15) is 13.5 Å². The van der Waals surface area contributed by atoms with Crippen LogP contribution in [0.5, 0.6) is 0 Å². The first-order valence-electron chi connectivity index (χ1n) is 12.1. The second-order valence-corrected chi connectivity index (χ2v) is 12.2. The first kappa shape index (κ1) is 25.0. The van der Waals surface area contributed by atoms with Crippen LogP contribution in [0, 0.1) is 6.92 Å². The van der Waals surface area contributed by atoms with Crippen LogP contribution >= 0.6 is 0 Å². The predicted molar refractivity (Wildman–Crippen MR) is 132 cm³/mol. The minimum atomic E-state index is -3.22. The maximum absolute atomic E-state index is 12.8. The quantitative estimate of drug-likeness (QED) is 0.545. The number of hydrogen-bond donors (Lipinski definition) is 2. The molecule has 0 atom stereocenters. The molecule has 2 aromatic rings. The number of nitrogens with zero attached hydrogens (tertiary/aromatic N) is 6. The van der Waals surface area contributed by atoms with E-state index in [4.69, 9.17) is 4.98 Å². The maximum atomic E-state index is 12.8. The number of rotatable bonds is 9. The molecule has 0 aromatic carbocycles. The van der Waals surface area contributed by atoms with E-state index in [0.29, 0.717) is 32.1 Å². The number of anilines is 1. The van der Waals surface area contributed by atoms with Gasteiger partial charge in [0, 0.05) is 43.6 Å². The molecule has 10 nitrogen and oxygen atoms in total. The number of likely N-dealkylation sites (tertiary alicyclic amines) is 1. The lowest BCUT2D eigenvalue weighted by molar-refractivity contribution is 0.0577. The molecular weight excluding hydrogens is 454 g/mol. The van der Waals surface area contributed by atoms with Gasteiger partial charge in [-0.3, -0.25) is 4.68 Å². The van der Waals surface area contributed by atoms with Gasteiger partial charge in [-0.2, -0.15) is 5.10 Å². The topological polar surface area (TPSA) is 116 Å². The van der Waals surface area contributed by atoms with Crippen molar-refractivity contribution >= 4 is 16.0 Å². The molecule has 2 aliphatic heterocycles. The van der Waals surface area contributed by atoms with Gasteiger partial charge in [-0.25, -0.2) is 22.7 Å². The second-order valence-electron chi connectivity index (χ2n) is 10.1. The summed E-state index contributed by atoms with van der Waals surface area (Å²) >= 11 is 0. The number of piperidine rings is 1. The molecule has 0 amide bonds. The highest BCUT2D eigenvalue weighted by Gasteiger charge is 2.29. The Morgan fingerprint density at radius 1 is 1.15 bits per heavy atom. The van der Waals surface area contributed by atoms with Gasteiger partial charge in [-0.15, -0.1) is 0 Å². The van der Waals surface area contributed by atoms with Gasteiger partial charge in [0.25, 0.3) is 0 Å². The molecule has 0 unspecified atom stereocenters. The summed E-state index contributed by atoms with van der Waals surface area (Å²) in [7, 11) is -3.22. The van der Waals surface area contributed by atoms with Gasteiger partial charge in [0.2, 0.25) is 16.0 Å². The molecule has 188 valence electrons. The fraction of sp³-hybridized carbons (Fsp3) is 0.696. The lowest BCUT2D eigenvalue weighted by Crippen LogP contribution is -2.44. The van der Waals surface area contributed by atoms with Crippen molar-refractivity contribution < 1.29 is 13.5 Å². The highest BCUT2D eigenvalue weighted by Crippen LogP contribution is 2.23. The van der Waals surface area contributed by atoms with Crippen LogP contribution in [-0.2, 0) is 16.6 Å². The van der Waals surface area contributed by atoms with Crippen molar-refractivity contribution in [2.45, 2.75) is 64.6 Å². The molecule has 2 aliphatic rings. The Morgan fingerprint density at radius 2 is 1.85 bits per heavy atom. The average Bonchev–Trinajstić information content (AvgIpc) is 3.45. The zero-order valence-corrected chi connectivity index (χ0v) is 21.3. The molecular formula is C23H37N7O3S. The van der Waals surface area contributed by atoms with Crippen LogP contribution in [0.4, 0.5) is 5.95 Å². The lowest BCUT2D eigenvalue weighted by Gasteiger charge is -2.32. The van der Waals surface area contributed by atoms with E-state index in [2.05, 4.69) is 20.3 Å². The zero-order chi connectivity index (χ0) is 24.3. The van der Waals surface area contributed by atoms with Crippen LogP contribution in [0.1, 0.15) is 45.1 Å². The average molecular weight is 492 g/mol. The van der Waals surface area contributed by atoms with E-state index < -0.39 is 15.6 Å². The number of nitrogens with one attached hydrogen (secondary N) is 1. The minimum absolute atomic E-state index is 0.124. The Labute approximate surface area is 202 Å². The van der Waals surface area contributed by atoms with Crippen LogP contribution in [0.3, 0.4) is 0 Å². The van der Waals surface area contributed by atoms with Gasteiger partial charge in [0.05, 0.1) is 29.8 Å². The Bertz CT molecular complexity index is 1070. The van der Waals surface area contributed by atoms with Crippen molar-refractivity contribution in [3.8, 4) is 11.3 Å². The molecule has 2 aromatic heterocycles. The predicted octanol–water partition coefficient (Wildman–Crippen LogP) is 1.72. The van der Waals surface area contributed by atoms with Crippen molar-refractivity contribution in [2.75, 3.05) is 43.8 Å². The highest BCUT2D eigenvalue weighted by molar-refractivity contribution is 7.89. The van der Waals surface area contributed by atoms with E-state index in [1.807, 2.05) is 13.1 Å². The van der Waals surface area contributed by atoms with E-state index in [1.54, 1.807) is 35.2 Å². The summed E-state index contributed by atoms with van der Waals surface area (Å²) in [5.74, 6) is 0.739. The SMILES string of the molecule is Cc1cnc(NC2CCN(S(=O)(=O)CCN3CCCC3)CC2)nc1-c1cnn(CC(C)(C)O)c1. The summed E-state index contributed by atoms with van der Waals surface area (Å²) < 4.78 is 28.9. The first-order valence-corrected chi connectivity index (χ1v) is 13.8. The Kier molecular flexibility index (Phi) is 7.56. The molecule has 4 rings (SSSR count). The van der Waals surface area contributed by atoms with Gasteiger partial charge in [-0.1, -0.05) is 0 Å². The number of aryl methyl sites for hydroxylation is 1. The standard InChI is InChI=1S/C23H37N7O3S/c1-18-14-24-22(27-21(18)19-15-25-29(16-19)17-23(2,3)31)26-20-6-10-30(11-7-20)34(32,33)13-12-28-8-4-5-9-28/h14-16,20,31H,4-13,17H2,1-3H3,(H,24,26,27). The fourth-order valence-electron chi connectivity index (χ4n) is 4.61. The molecule has 2 fully saturated rings. The summed E-state index contributed by atoms with van der Waals surface area (Å²) in [5.41, 5.74) is 1.74. The molecule has 0 saturated carbocycles. The van der Waals surface area contributed by atoms with Crippen LogP contribution in [-0.4, -0.2) is 92.6 Å². The van der Waals surface area contributed by atoms with Crippen molar-refractivity contribution in [2.24, 2.45) is 0 Å². The van der Waals surface area contributed by atoms with E-state index >= 15 is 0 Å². The molecule has 0 bridgehead atoms. The van der Waals surface area contributed by atoms with Gasteiger partial charge in [0.15, 0.2) is 0 Å². The third-order valence-corrected chi connectivity index (χ3v) is 8.32. The Morgan fingerprint density at radius 3 is 2.53 bits per heavy atom. The van der Waals surface area contributed by atoms with Crippen molar-refractivity contribution in [1.82, 2.24) is 29.0 Å². The third-order valence-electron chi connectivity index (χ3n) is 6.47. The largest absolute Gasteiger partial charge is 0.389 e. The van der Waals surface area contributed by atoms with Crippen LogP contribution in [0.25, 0.3) is 11.3 Å². The molecule has 0 spiro atoms. The smallest absolute Gasteiger partial charge is 0.223 e. The Hall–Kier alpha value is -2.08. The molecule has 4 heterocycles. The second kappa shape index (κ2) is 10.3. The summed E-state index contributed by atoms with van der Waals surface area (Å²) in [6.45, 7) is 9.53. The molecule has 2 saturated heterocycles. The third kappa shape index (κ3) is 6.53. The van der Waals surface area contributed by atoms with Gasteiger partial charge >= 0.3 is 0 Å². The highest BCUT2D eigenvalue weighted by atomic mass is 32.2. The van der Waals surface area contributed by atoms with E-state index in [0.717, 1.165) is 42.8 Å². The minimum Gasteiger partial charge on any atom is -0.389 e. The normalized spacial score (nSPS) is 19.1. The lowest BCUT2D eigenvalue weighted by atomic mass is 10.1. The van der Waals surface area contributed by atoms with Crippen LogP contribution in [0.15, 0.2) is 18.6 Å². The first-order chi connectivity index (χ1) is 16.1. The molecule has 11 heteroatoms. The molecule has 2 N–H and O–H groups in total. The van der Waals surface area contributed by atoms with Gasteiger partial charge < -0.3 is 15.3 Å². The number of hydrogen-bond acceptors (Lipinski definition) is 8. The van der Waals surface area contributed by atoms with Crippen molar-refractivity contribution in [3.05, 3.63) is 24.2 Å². The van der Waals surface area contributed by atoms with Gasteiger partial charge in [-0.05, 0) is 65.1 Å². The fourth-order valence-corrected chi connectivity index (χ4v) is 6.13.